The summed E-state index contributed by atoms with van der Waals surface area (Å²) in [7, 11) is 0. The number of rotatable bonds is 6. The van der Waals surface area contributed by atoms with E-state index in [1.165, 1.54) is 0 Å². The van der Waals surface area contributed by atoms with Crippen LogP contribution in [0.4, 0.5) is 5.69 Å². The van der Waals surface area contributed by atoms with Crippen LogP contribution in [0.5, 0.6) is 0 Å². The number of guanidine groups is 1. The van der Waals surface area contributed by atoms with E-state index in [0.717, 1.165) is 16.8 Å². The highest BCUT2D eigenvalue weighted by Crippen LogP contribution is 2.25. The van der Waals surface area contributed by atoms with E-state index < -0.39 is 0 Å². The fraction of sp³-hybridized carbons (Fsp3) is 0.300. The van der Waals surface area contributed by atoms with Gasteiger partial charge in [-0.3, -0.25) is 4.79 Å². The van der Waals surface area contributed by atoms with E-state index in [9.17, 15) is 4.79 Å². The van der Waals surface area contributed by atoms with Gasteiger partial charge in [-0.1, -0.05) is 55.2 Å². The van der Waals surface area contributed by atoms with Gasteiger partial charge in [0.15, 0.2) is 5.96 Å². The zero-order valence-corrected chi connectivity index (χ0v) is 19.8. The Morgan fingerprint density at radius 3 is 2.32 bits per heavy atom. The summed E-state index contributed by atoms with van der Waals surface area (Å²) >= 11 is 12.1. The predicted molar refractivity (Wildman–Crippen MR) is 129 cm³/mol. The van der Waals surface area contributed by atoms with Crippen LogP contribution in [0.1, 0.15) is 37.9 Å². The van der Waals surface area contributed by atoms with Crippen molar-refractivity contribution in [3.05, 3.63) is 63.6 Å². The molecule has 0 saturated heterocycles. The molecular weight excluding hydrogens is 510 g/mol. The van der Waals surface area contributed by atoms with Crippen molar-refractivity contribution in [2.75, 3.05) is 5.32 Å². The summed E-state index contributed by atoms with van der Waals surface area (Å²) < 4.78 is 0. The lowest BCUT2D eigenvalue weighted by Gasteiger charge is -2.16. The fourth-order valence-corrected chi connectivity index (χ4v) is 2.93. The van der Waals surface area contributed by atoms with Gasteiger partial charge >= 0.3 is 0 Å². The Balaban J connectivity index is 0.00000392. The maximum Gasteiger partial charge on any atom is 0.226 e. The quantitative estimate of drug-likeness (QED) is 0.265. The number of hydrogen-bond donors (Lipinski definition) is 3. The molecule has 4 N–H and O–H groups in total. The summed E-state index contributed by atoms with van der Waals surface area (Å²) in [6, 6.07) is 12.8. The molecule has 5 nitrogen and oxygen atoms in total. The highest BCUT2D eigenvalue weighted by molar-refractivity contribution is 14.0. The molecule has 0 radical (unpaired) electrons. The Labute approximate surface area is 193 Å². The second kappa shape index (κ2) is 11.5. The first-order valence-corrected chi connectivity index (χ1v) is 9.43. The van der Waals surface area contributed by atoms with E-state index >= 15 is 0 Å². The van der Waals surface area contributed by atoms with Crippen LogP contribution in [0.2, 0.25) is 10.0 Å². The number of nitrogens with zero attached hydrogens (tertiary/aromatic N) is 1. The van der Waals surface area contributed by atoms with Gasteiger partial charge in [-0.25, -0.2) is 4.99 Å². The summed E-state index contributed by atoms with van der Waals surface area (Å²) in [6.45, 7) is 6.08. The Morgan fingerprint density at radius 1 is 1.11 bits per heavy atom. The molecule has 0 spiro atoms. The van der Waals surface area contributed by atoms with Crippen LogP contribution >= 0.6 is 47.2 Å². The molecule has 0 aliphatic heterocycles. The van der Waals surface area contributed by atoms with Crippen molar-refractivity contribution < 1.29 is 4.79 Å². The minimum atomic E-state index is -0.105. The van der Waals surface area contributed by atoms with Crippen LogP contribution < -0.4 is 16.4 Å². The third-order valence-electron chi connectivity index (χ3n) is 3.97. The minimum Gasteiger partial charge on any atom is -0.370 e. The average molecular weight is 535 g/mol. The normalized spacial score (nSPS) is 12.3. The summed E-state index contributed by atoms with van der Waals surface area (Å²) in [5, 5.41) is 7.14. The average Bonchev–Trinajstić information content (AvgIpc) is 2.60. The van der Waals surface area contributed by atoms with Crippen molar-refractivity contribution in [2.24, 2.45) is 16.6 Å². The summed E-state index contributed by atoms with van der Waals surface area (Å²) in [6.07, 6.45) is 0. The highest BCUT2D eigenvalue weighted by Gasteiger charge is 2.11. The highest BCUT2D eigenvalue weighted by atomic mass is 127. The lowest BCUT2D eigenvalue weighted by atomic mass is 10.1. The Morgan fingerprint density at radius 2 is 1.75 bits per heavy atom. The van der Waals surface area contributed by atoms with Crippen LogP contribution in [-0.2, 0) is 11.3 Å². The second-order valence-corrected chi connectivity index (χ2v) is 7.42. The molecule has 1 amide bonds. The van der Waals surface area contributed by atoms with Gasteiger partial charge in [0.05, 0.1) is 12.6 Å². The Bertz CT molecular complexity index is 825. The molecule has 0 aliphatic carbocycles. The van der Waals surface area contributed by atoms with Crippen LogP contribution in [0.3, 0.4) is 0 Å². The summed E-state index contributed by atoms with van der Waals surface area (Å²) in [5.74, 6) is 0.256. The van der Waals surface area contributed by atoms with Crippen molar-refractivity contribution in [3.8, 4) is 0 Å². The van der Waals surface area contributed by atoms with Gasteiger partial charge in [0.1, 0.15) is 0 Å². The van der Waals surface area contributed by atoms with Crippen molar-refractivity contribution in [1.29, 1.82) is 0 Å². The SMILES string of the molecule is CC(C)C(=O)Nc1ccc(CN=C(N)NC(C)c2ccc(Cl)cc2Cl)cc1.I. The first-order chi connectivity index (χ1) is 12.8. The number of nitrogens with two attached hydrogens (primary N) is 1. The number of hydrogen-bond acceptors (Lipinski definition) is 2. The molecule has 152 valence electrons. The first-order valence-electron chi connectivity index (χ1n) is 8.67. The second-order valence-electron chi connectivity index (χ2n) is 6.57. The molecule has 1 unspecified atom stereocenters. The number of aliphatic imine (C=N–C) groups is 1. The number of nitrogens with one attached hydrogen (secondary N) is 2. The Kier molecular flexibility index (Phi) is 10.1. The molecule has 0 bridgehead atoms. The van der Waals surface area contributed by atoms with Crippen molar-refractivity contribution in [3.63, 3.8) is 0 Å². The zero-order valence-electron chi connectivity index (χ0n) is 16.0. The smallest absolute Gasteiger partial charge is 0.226 e. The molecule has 1 atom stereocenters. The van der Waals surface area contributed by atoms with Crippen molar-refractivity contribution >= 4 is 64.7 Å². The van der Waals surface area contributed by atoms with E-state index in [-0.39, 0.29) is 41.8 Å². The number of anilines is 1. The standard InChI is InChI=1S/C20H24Cl2N4O.HI/c1-12(2)19(27)26-16-7-4-14(5-8-16)11-24-20(23)25-13(3)17-9-6-15(21)10-18(17)22;/h4-10,12-13H,11H2,1-3H3,(H,26,27)(H3,23,24,25);1H. The fourth-order valence-electron chi connectivity index (χ4n) is 2.35. The molecule has 2 aromatic carbocycles. The van der Waals surface area contributed by atoms with E-state index in [2.05, 4.69) is 15.6 Å². The molecule has 0 heterocycles. The molecule has 0 saturated carbocycles. The van der Waals surface area contributed by atoms with Gasteiger partial charge in [-0.2, -0.15) is 0 Å². The third-order valence-corrected chi connectivity index (χ3v) is 4.53. The number of amides is 1. The van der Waals surface area contributed by atoms with E-state index in [1.54, 1.807) is 12.1 Å². The maximum atomic E-state index is 11.7. The lowest BCUT2D eigenvalue weighted by Crippen LogP contribution is -2.34. The minimum absolute atomic E-state index is 0. The monoisotopic (exact) mass is 534 g/mol. The van der Waals surface area contributed by atoms with E-state index in [0.29, 0.717) is 22.5 Å². The molecule has 0 aromatic heterocycles. The van der Waals surface area contributed by atoms with Crippen LogP contribution in [0.25, 0.3) is 0 Å². The summed E-state index contributed by atoms with van der Waals surface area (Å²) in [4.78, 5) is 16.1. The van der Waals surface area contributed by atoms with Crippen LogP contribution in [-0.4, -0.2) is 11.9 Å². The molecule has 2 aromatic rings. The third kappa shape index (κ3) is 7.48. The first kappa shape index (κ1) is 24.5. The maximum absolute atomic E-state index is 11.7. The number of carbonyl (C=O) groups excluding carboxylic acids is 1. The molecule has 0 fully saturated rings. The molecule has 8 heteroatoms. The van der Waals surface area contributed by atoms with Gasteiger partial charge in [0.2, 0.25) is 5.91 Å². The number of benzene rings is 2. The predicted octanol–water partition coefficient (Wildman–Crippen LogP) is 5.37. The topological polar surface area (TPSA) is 79.5 Å². The van der Waals surface area contributed by atoms with Crippen molar-refractivity contribution in [2.45, 2.75) is 33.4 Å². The molecule has 28 heavy (non-hydrogen) atoms. The van der Waals surface area contributed by atoms with Gasteiger partial charge < -0.3 is 16.4 Å². The largest absolute Gasteiger partial charge is 0.370 e. The van der Waals surface area contributed by atoms with Crippen molar-refractivity contribution in [1.82, 2.24) is 5.32 Å². The summed E-state index contributed by atoms with van der Waals surface area (Å²) in [5.41, 5.74) is 8.62. The van der Waals surface area contributed by atoms with E-state index in [4.69, 9.17) is 28.9 Å². The lowest BCUT2D eigenvalue weighted by molar-refractivity contribution is -0.118. The van der Waals surface area contributed by atoms with E-state index in [1.807, 2.05) is 51.1 Å². The Hall–Kier alpha value is -1.51. The molecule has 0 aliphatic rings. The van der Waals surface area contributed by atoms with Gasteiger partial charge in [-0.15, -0.1) is 24.0 Å². The van der Waals surface area contributed by atoms with Gasteiger partial charge in [0, 0.05) is 21.7 Å². The number of carbonyl (C=O) groups is 1. The molecule has 2 rings (SSSR count). The van der Waals surface area contributed by atoms with Gasteiger partial charge in [-0.05, 0) is 42.3 Å². The zero-order chi connectivity index (χ0) is 20.0. The number of halogens is 3. The van der Waals surface area contributed by atoms with Gasteiger partial charge in [0.25, 0.3) is 0 Å². The van der Waals surface area contributed by atoms with Crippen LogP contribution in [0.15, 0.2) is 47.5 Å². The van der Waals surface area contributed by atoms with Crippen LogP contribution in [0, 0.1) is 5.92 Å². The molecular formula is C20H25Cl2IN4O.